The van der Waals surface area contributed by atoms with Crippen molar-refractivity contribution in [3.8, 4) is 0 Å². The predicted octanol–water partition coefficient (Wildman–Crippen LogP) is 1.85. The van der Waals surface area contributed by atoms with Crippen molar-refractivity contribution in [2.24, 2.45) is 0 Å². The molecule has 3 N–H and O–H groups in total. The summed E-state index contributed by atoms with van der Waals surface area (Å²) in [6.07, 6.45) is 2.77. The van der Waals surface area contributed by atoms with Crippen molar-refractivity contribution in [2.45, 2.75) is 46.1 Å². The van der Waals surface area contributed by atoms with E-state index in [1.165, 1.54) is 11.3 Å². The zero-order valence-electron chi connectivity index (χ0n) is 9.80. The monoisotopic (exact) mass is 211 g/mol. The molecular formula is C11H21N3O. The van der Waals surface area contributed by atoms with Gasteiger partial charge in [-0.25, -0.2) is 0 Å². The molecule has 0 saturated carbocycles. The molecule has 0 spiro atoms. The molecule has 15 heavy (non-hydrogen) atoms. The van der Waals surface area contributed by atoms with Crippen molar-refractivity contribution in [2.75, 3.05) is 11.9 Å². The fraction of sp³-hybridized carbons (Fsp3) is 0.727. The Bertz CT molecular complexity index is 296. The molecule has 0 saturated heterocycles. The number of rotatable bonds is 6. The van der Waals surface area contributed by atoms with Gasteiger partial charge in [0.15, 0.2) is 5.82 Å². The summed E-state index contributed by atoms with van der Waals surface area (Å²) in [6.45, 7) is 6.55. The molecule has 0 radical (unpaired) electrons. The van der Waals surface area contributed by atoms with E-state index in [-0.39, 0.29) is 6.61 Å². The van der Waals surface area contributed by atoms with Crippen LogP contribution < -0.4 is 5.32 Å². The standard InChI is InChI=1S/C11H21N3O/c1-4-10-9(3)11(14-13-10)12-8(2)6-5-7-15/h8,15H,4-7H2,1-3H3,(H2,12,13,14). The Labute approximate surface area is 91.1 Å². The molecule has 1 unspecified atom stereocenters. The second-order valence-electron chi connectivity index (χ2n) is 3.94. The van der Waals surface area contributed by atoms with Crippen molar-refractivity contribution in [3.63, 3.8) is 0 Å². The minimum atomic E-state index is 0.256. The van der Waals surface area contributed by atoms with Crippen LogP contribution in [0.25, 0.3) is 0 Å². The van der Waals surface area contributed by atoms with E-state index in [2.05, 4.69) is 36.3 Å². The summed E-state index contributed by atoms with van der Waals surface area (Å²) in [6, 6.07) is 0.351. The number of aromatic amines is 1. The van der Waals surface area contributed by atoms with E-state index in [9.17, 15) is 0 Å². The summed E-state index contributed by atoms with van der Waals surface area (Å²) in [5, 5.41) is 19.3. The van der Waals surface area contributed by atoms with Crippen molar-refractivity contribution in [1.29, 1.82) is 0 Å². The Balaban J connectivity index is 2.52. The van der Waals surface area contributed by atoms with Crippen LogP contribution in [-0.4, -0.2) is 28.0 Å². The van der Waals surface area contributed by atoms with Gasteiger partial charge in [-0.2, -0.15) is 5.10 Å². The minimum Gasteiger partial charge on any atom is -0.396 e. The first-order valence-electron chi connectivity index (χ1n) is 5.60. The second kappa shape index (κ2) is 5.75. The van der Waals surface area contributed by atoms with Gasteiger partial charge < -0.3 is 10.4 Å². The Morgan fingerprint density at radius 1 is 1.53 bits per heavy atom. The average molecular weight is 211 g/mol. The predicted molar refractivity (Wildman–Crippen MR) is 62.1 cm³/mol. The topological polar surface area (TPSA) is 60.9 Å². The van der Waals surface area contributed by atoms with E-state index in [1.54, 1.807) is 0 Å². The zero-order valence-corrected chi connectivity index (χ0v) is 9.80. The van der Waals surface area contributed by atoms with Crippen LogP contribution in [0.2, 0.25) is 0 Å². The van der Waals surface area contributed by atoms with E-state index in [4.69, 9.17) is 5.11 Å². The number of anilines is 1. The molecule has 4 heteroatoms. The van der Waals surface area contributed by atoms with Gasteiger partial charge in [-0.15, -0.1) is 0 Å². The number of nitrogens with one attached hydrogen (secondary N) is 2. The third-order valence-electron chi connectivity index (χ3n) is 2.64. The highest BCUT2D eigenvalue weighted by molar-refractivity contribution is 5.46. The average Bonchev–Trinajstić information content (AvgIpc) is 2.57. The summed E-state index contributed by atoms with van der Waals surface area (Å²) in [7, 11) is 0. The molecule has 0 bridgehead atoms. The number of aliphatic hydroxyl groups excluding tert-OH is 1. The number of H-pyrrole nitrogens is 1. The molecule has 0 aliphatic carbocycles. The van der Waals surface area contributed by atoms with Gasteiger partial charge in [-0.3, -0.25) is 5.10 Å². The van der Waals surface area contributed by atoms with Crippen LogP contribution in [0.4, 0.5) is 5.82 Å². The first kappa shape index (κ1) is 12.0. The third-order valence-corrected chi connectivity index (χ3v) is 2.64. The number of aryl methyl sites for hydroxylation is 1. The number of nitrogens with zero attached hydrogens (tertiary/aromatic N) is 1. The summed E-state index contributed by atoms with van der Waals surface area (Å²) in [5.74, 6) is 0.942. The fourth-order valence-corrected chi connectivity index (χ4v) is 1.62. The highest BCUT2D eigenvalue weighted by Gasteiger charge is 2.09. The highest BCUT2D eigenvalue weighted by atomic mass is 16.2. The first-order valence-corrected chi connectivity index (χ1v) is 5.60. The Morgan fingerprint density at radius 2 is 2.27 bits per heavy atom. The zero-order chi connectivity index (χ0) is 11.3. The lowest BCUT2D eigenvalue weighted by Crippen LogP contribution is -2.16. The lowest BCUT2D eigenvalue weighted by molar-refractivity contribution is 0.282. The third kappa shape index (κ3) is 3.23. The van der Waals surface area contributed by atoms with Gasteiger partial charge in [0.25, 0.3) is 0 Å². The molecule has 1 aromatic heterocycles. The van der Waals surface area contributed by atoms with E-state index < -0.39 is 0 Å². The van der Waals surface area contributed by atoms with Crippen molar-refractivity contribution < 1.29 is 5.11 Å². The number of aliphatic hydroxyl groups is 1. The maximum atomic E-state index is 8.73. The van der Waals surface area contributed by atoms with Crippen LogP contribution in [0.3, 0.4) is 0 Å². The maximum Gasteiger partial charge on any atom is 0.151 e. The molecular weight excluding hydrogens is 190 g/mol. The van der Waals surface area contributed by atoms with Crippen molar-refractivity contribution in [1.82, 2.24) is 10.2 Å². The molecule has 4 nitrogen and oxygen atoms in total. The second-order valence-corrected chi connectivity index (χ2v) is 3.94. The lowest BCUT2D eigenvalue weighted by atomic mass is 10.1. The summed E-state index contributed by atoms with van der Waals surface area (Å²) < 4.78 is 0. The summed E-state index contributed by atoms with van der Waals surface area (Å²) in [5.41, 5.74) is 2.39. The summed E-state index contributed by atoms with van der Waals surface area (Å²) >= 11 is 0. The largest absolute Gasteiger partial charge is 0.396 e. The molecule has 0 aliphatic heterocycles. The molecule has 1 heterocycles. The number of aromatic nitrogens is 2. The fourth-order valence-electron chi connectivity index (χ4n) is 1.62. The van der Waals surface area contributed by atoms with Crippen LogP contribution in [0.15, 0.2) is 0 Å². The lowest BCUT2D eigenvalue weighted by Gasteiger charge is -2.12. The highest BCUT2D eigenvalue weighted by Crippen LogP contribution is 2.17. The van der Waals surface area contributed by atoms with Crippen molar-refractivity contribution in [3.05, 3.63) is 11.3 Å². The van der Waals surface area contributed by atoms with Gasteiger partial charge in [0, 0.05) is 23.9 Å². The number of hydrogen-bond donors (Lipinski definition) is 3. The Hall–Kier alpha value is -1.03. The Morgan fingerprint density at radius 3 is 2.80 bits per heavy atom. The smallest absolute Gasteiger partial charge is 0.151 e. The Kier molecular flexibility index (Phi) is 4.62. The minimum absolute atomic E-state index is 0.256. The summed E-state index contributed by atoms with van der Waals surface area (Å²) in [4.78, 5) is 0. The van der Waals surface area contributed by atoms with Crippen molar-refractivity contribution >= 4 is 5.82 Å². The van der Waals surface area contributed by atoms with Gasteiger partial charge in [-0.05, 0) is 33.1 Å². The molecule has 0 amide bonds. The van der Waals surface area contributed by atoms with Gasteiger partial charge in [0.1, 0.15) is 0 Å². The van der Waals surface area contributed by atoms with Gasteiger partial charge >= 0.3 is 0 Å². The van der Waals surface area contributed by atoms with Crippen LogP contribution >= 0.6 is 0 Å². The molecule has 1 atom stereocenters. The van der Waals surface area contributed by atoms with E-state index in [0.717, 1.165) is 25.1 Å². The van der Waals surface area contributed by atoms with Crippen LogP contribution in [-0.2, 0) is 6.42 Å². The van der Waals surface area contributed by atoms with E-state index in [1.807, 2.05) is 0 Å². The first-order chi connectivity index (χ1) is 7.19. The van der Waals surface area contributed by atoms with E-state index >= 15 is 0 Å². The molecule has 86 valence electrons. The molecule has 0 aromatic carbocycles. The normalized spacial score (nSPS) is 12.8. The molecule has 1 aromatic rings. The maximum absolute atomic E-state index is 8.73. The van der Waals surface area contributed by atoms with Gasteiger partial charge in [0.05, 0.1) is 0 Å². The van der Waals surface area contributed by atoms with Crippen LogP contribution in [0.5, 0.6) is 0 Å². The molecule has 0 fully saturated rings. The van der Waals surface area contributed by atoms with Gasteiger partial charge in [0.2, 0.25) is 0 Å². The van der Waals surface area contributed by atoms with Crippen LogP contribution in [0.1, 0.15) is 37.9 Å². The number of hydrogen-bond acceptors (Lipinski definition) is 3. The van der Waals surface area contributed by atoms with Crippen LogP contribution in [0, 0.1) is 6.92 Å². The quantitative estimate of drug-likeness (QED) is 0.673. The SMILES string of the molecule is CCc1[nH]nc(NC(C)CCCO)c1C. The molecule has 1 rings (SSSR count). The van der Waals surface area contributed by atoms with E-state index in [0.29, 0.717) is 6.04 Å². The molecule has 0 aliphatic rings. The van der Waals surface area contributed by atoms with Gasteiger partial charge in [-0.1, -0.05) is 6.92 Å².